The molecule has 0 saturated heterocycles. The van der Waals surface area contributed by atoms with Crippen molar-refractivity contribution in [2.45, 2.75) is 19.6 Å². The highest BCUT2D eigenvalue weighted by Crippen LogP contribution is 2.21. The number of nitriles is 1. The zero-order chi connectivity index (χ0) is 14.5. The Kier molecular flexibility index (Phi) is 4.62. The van der Waals surface area contributed by atoms with Crippen molar-refractivity contribution in [1.29, 1.82) is 5.26 Å². The van der Waals surface area contributed by atoms with Gasteiger partial charge in [0.15, 0.2) is 0 Å². The number of ether oxygens (including phenoxy) is 1. The molecule has 0 aliphatic rings. The fourth-order valence-electron chi connectivity index (χ4n) is 1.74. The fourth-order valence-corrected chi connectivity index (χ4v) is 1.97. The Labute approximate surface area is 123 Å². The molecule has 0 aromatic heterocycles. The molecule has 0 aliphatic carbocycles. The predicted octanol–water partition coefficient (Wildman–Crippen LogP) is 3.84. The Hall–Kier alpha value is -2.02. The minimum Gasteiger partial charge on any atom is -0.489 e. The molecule has 0 saturated carbocycles. The van der Waals surface area contributed by atoms with Crippen LogP contribution >= 0.6 is 11.6 Å². The van der Waals surface area contributed by atoms with Gasteiger partial charge in [0, 0.05) is 10.6 Å². The molecular weight excluding hydrogens is 274 g/mol. The van der Waals surface area contributed by atoms with Crippen molar-refractivity contribution < 1.29 is 9.84 Å². The molecule has 102 valence electrons. The van der Waals surface area contributed by atoms with Gasteiger partial charge in [0.1, 0.15) is 12.4 Å². The lowest BCUT2D eigenvalue weighted by molar-refractivity contribution is 0.199. The van der Waals surface area contributed by atoms with E-state index < -0.39 is 6.10 Å². The maximum atomic E-state index is 9.42. The van der Waals surface area contributed by atoms with Crippen molar-refractivity contribution in [1.82, 2.24) is 0 Å². The molecule has 0 spiro atoms. The third kappa shape index (κ3) is 3.51. The molecule has 1 N–H and O–H groups in total. The predicted molar refractivity (Wildman–Crippen MR) is 77.6 cm³/mol. The van der Waals surface area contributed by atoms with Gasteiger partial charge in [0.25, 0.3) is 0 Å². The first-order chi connectivity index (χ1) is 9.60. The molecule has 0 heterocycles. The SMILES string of the molecule is C[C@H](O)c1ccc(OCc2ccc(C#N)cc2Cl)cc1. The van der Waals surface area contributed by atoms with Gasteiger partial charge >= 0.3 is 0 Å². The lowest BCUT2D eigenvalue weighted by Crippen LogP contribution is -1.97. The minimum absolute atomic E-state index is 0.332. The van der Waals surface area contributed by atoms with E-state index in [2.05, 4.69) is 0 Å². The summed E-state index contributed by atoms with van der Waals surface area (Å²) in [7, 11) is 0. The summed E-state index contributed by atoms with van der Waals surface area (Å²) in [6.45, 7) is 2.05. The Morgan fingerprint density at radius 1 is 1.25 bits per heavy atom. The summed E-state index contributed by atoms with van der Waals surface area (Å²) in [6.07, 6.45) is -0.489. The van der Waals surface area contributed by atoms with Crippen molar-refractivity contribution in [2.75, 3.05) is 0 Å². The van der Waals surface area contributed by atoms with E-state index in [4.69, 9.17) is 21.6 Å². The Morgan fingerprint density at radius 2 is 1.95 bits per heavy atom. The molecule has 0 amide bonds. The second-order valence-corrected chi connectivity index (χ2v) is 4.86. The first-order valence-corrected chi connectivity index (χ1v) is 6.57. The van der Waals surface area contributed by atoms with Crippen LogP contribution in [0.5, 0.6) is 5.75 Å². The normalized spacial score (nSPS) is 11.7. The standard InChI is InChI=1S/C16H14ClNO2/c1-11(19)13-4-6-15(7-5-13)20-10-14-3-2-12(9-18)8-16(14)17/h2-8,11,19H,10H2,1H3/t11-/m0/s1. The van der Waals surface area contributed by atoms with E-state index in [0.29, 0.717) is 22.9 Å². The third-order valence-corrected chi connectivity index (χ3v) is 3.29. The van der Waals surface area contributed by atoms with Crippen LogP contribution in [0, 0.1) is 11.3 Å². The number of nitrogens with zero attached hydrogens (tertiary/aromatic N) is 1. The lowest BCUT2D eigenvalue weighted by Gasteiger charge is -2.09. The molecule has 2 aromatic carbocycles. The lowest BCUT2D eigenvalue weighted by atomic mass is 10.1. The molecular formula is C16H14ClNO2. The second-order valence-electron chi connectivity index (χ2n) is 4.45. The van der Waals surface area contributed by atoms with Crippen molar-refractivity contribution in [3.63, 3.8) is 0 Å². The number of hydrogen-bond donors (Lipinski definition) is 1. The van der Waals surface area contributed by atoms with Gasteiger partial charge in [-0.2, -0.15) is 5.26 Å². The Balaban J connectivity index is 2.03. The van der Waals surface area contributed by atoms with Crippen molar-refractivity contribution in [2.24, 2.45) is 0 Å². The van der Waals surface area contributed by atoms with Crippen LogP contribution in [0.15, 0.2) is 42.5 Å². The summed E-state index contributed by atoms with van der Waals surface area (Å²) in [5.41, 5.74) is 2.19. The highest BCUT2D eigenvalue weighted by molar-refractivity contribution is 6.31. The van der Waals surface area contributed by atoms with Gasteiger partial charge in [-0.1, -0.05) is 29.8 Å². The largest absolute Gasteiger partial charge is 0.489 e. The molecule has 3 nitrogen and oxygen atoms in total. The molecule has 2 aromatic rings. The molecule has 20 heavy (non-hydrogen) atoms. The molecule has 0 radical (unpaired) electrons. The molecule has 4 heteroatoms. The van der Waals surface area contributed by atoms with Crippen LogP contribution in [-0.2, 0) is 6.61 Å². The minimum atomic E-state index is -0.489. The Bertz CT molecular complexity index is 630. The summed E-state index contributed by atoms with van der Waals surface area (Å²) < 4.78 is 5.63. The van der Waals surface area contributed by atoms with Crippen LogP contribution in [0.3, 0.4) is 0 Å². The van der Waals surface area contributed by atoms with Gasteiger partial charge in [-0.3, -0.25) is 0 Å². The van der Waals surface area contributed by atoms with Gasteiger partial charge in [-0.05, 0) is 36.8 Å². The maximum absolute atomic E-state index is 9.42. The number of halogens is 1. The van der Waals surface area contributed by atoms with Gasteiger partial charge in [-0.25, -0.2) is 0 Å². The quantitative estimate of drug-likeness (QED) is 0.929. The maximum Gasteiger partial charge on any atom is 0.119 e. The number of benzene rings is 2. The van der Waals surface area contributed by atoms with E-state index >= 15 is 0 Å². The summed E-state index contributed by atoms with van der Waals surface area (Å²) in [6, 6.07) is 14.4. The van der Waals surface area contributed by atoms with Crippen LogP contribution in [0.2, 0.25) is 5.02 Å². The molecule has 0 aliphatic heterocycles. The number of hydrogen-bond acceptors (Lipinski definition) is 3. The summed E-state index contributed by atoms with van der Waals surface area (Å²) in [4.78, 5) is 0. The zero-order valence-corrected chi connectivity index (χ0v) is 11.8. The van der Waals surface area contributed by atoms with E-state index in [1.807, 2.05) is 18.2 Å². The number of aliphatic hydroxyl groups excluding tert-OH is 1. The van der Waals surface area contributed by atoms with Crippen molar-refractivity contribution >= 4 is 11.6 Å². The molecule has 0 unspecified atom stereocenters. The van der Waals surface area contributed by atoms with Crippen LogP contribution in [0.25, 0.3) is 0 Å². The van der Waals surface area contributed by atoms with Crippen LogP contribution in [0.1, 0.15) is 29.7 Å². The second kappa shape index (κ2) is 6.42. The van der Waals surface area contributed by atoms with Gasteiger partial charge in [-0.15, -0.1) is 0 Å². The topological polar surface area (TPSA) is 53.2 Å². The fraction of sp³-hybridized carbons (Fsp3) is 0.188. The molecule has 2 rings (SSSR count). The summed E-state index contributed by atoms with van der Waals surface area (Å²) in [5, 5.41) is 18.7. The summed E-state index contributed by atoms with van der Waals surface area (Å²) >= 11 is 6.08. The van der Waals surface area contributed by atoms with Crippen molar-refractivity contribution in [3.8, 4) is 11.8 Å². The van der Waals surface area contributed by atoms with Crippen LogP contribution < -0.4 is 4.74 Å². The molecule has 0 fully saturated rings. The number of aliphatic hydroxyl groups is 1. The van der Waals surface area contributed by atoms with Gasteiger partial charge < -0.3 is 9.84 Å². The van der Waals surface area contributed by atoms with Gasteiger partial charge in [0.2, 0.25) is 0 Å². The van der Waals surface area contributed by atoms with Crippen LogP contribution in [-0.4, -0.2) is 5.11 Å². The van der Waals surface area contributed by atoms with E-state index in [1.165, 1.54) is 0 Å². The highest BCUT2D eigenvalue weighted by atomic mass is 35.5. The van der Waals surface area contributed by atoms with Crippen LogP contribution in [0.4, 0.5) is 0 Å². The van der Waals surface area contributed by atoms with E-state index in [1.54, 1.807) is 37.3 Å². The molecule has 0 bridgehead atoms. The first kappa shape index (κ1) is 14.4. The monoisotopic (exact) mass is 287 g/mol. The average molecular weight is 288 g/mol. The summed E-state index contributed by atoms with van der Waals surface area (Å²) in [5.74, 6) is 0.704. The van der Waals surface area contributed by atoms with E-state index in [0.717, 1.165) is 11.1 Å². The number of rotatable bonds is 4. The van der Waals surface area contributed by atoms with Gasteiger partial charge in [0.05, 0.1) is 17.7 Å². The first-order valence-electron chi connectivity index (χ1n) is 6.19. The third-order valence-electron chi connectivity index (χ3n) is 2.94. The van der Waals surface area contributed by atoms with E-state index in [-0.39, 0.29) is 0 Å². The molecule has 1 atom stereocenters. The van der Waals surface area contributed by atoms with Crippen molar-refractivity contribution in [3.05, 3.63) is 64.2 Å². The Morgan fingerprint density at radius 3 is 2.50 bits per heavy atom. The van der Waals surface area contributed by atoms with E-state index in [9.17, 15) is 5.11 Å². The zero-order valence-electron chi connectivity index (χ0n) is 11.0. The average Bonchev–Trinajstić information content (AvgIpc) is 2.46. The highest BCUT2D eigenvalue weighted by Gasteiger charge is 2.04. The smallest absolute Gasteiger partial charge is 0.119 e.